The molecule has 0 amide bonds. The van der Waals surface area contributed by atoms with Crippen LogP contribution in [-0.2, 0) is 9.73 Å². The Hall–Kier alpha value is -1.17. The van der Waals surface area contributed by atoms with Crippen LogP contribution >= 0.6 is 0 Å². The summed E-state index contributed by atoms with van der Waals surface area (Å²) in [5.41, 5.74) is 0.234. The standard InChI is InChI=1S/C7H11N3O2S/c1-5-4-6(11)10-7(9-5)13(3,12)8-2/h4H,1-3H3,(H,9,10,11). The number of rotatable bonds is 1. The molecule has 1 atom stereocenters. The van der Waals surface area contributed by atoms with Gasteiger partial charge in [-0.3, -0.25) is 9.78 Å². The number of H-pyrrole nitrogens is 1. The van der Waals surface area contributed by atoms with E-state index in [0.717, 1.165) is 0 Å². The molecule has 1 aromatic rings. The predicted octanol–water partition coefficient (Wildman–Crippen LogP) is 0.165. The van der Waals surface area contributed by atoms with Crippen LogP contribution in [0.25, 0.3) is 0 Å². The first-order valence-corrected chi connectivity index (χ1v) is 5.56. The molecule has 0 bridgehead atoms. The fourth-order valence-electron chi connectivity index (χ4n) is 0.817. The molecule has 0 saturated heterocycles. The lowest BCUT2D eigenvalue weighted by Gasteiger charge is -2.01. The molecule has 0 aromatic carbocycles. The fraction of sp³-hybridized carbons (Fsp3) is 0.429. The molecular formula is C7H11N3O2S. The van der Waals surface area contributed by atoms with Crippen LogP contribution in [0.15, 0.2) is 20.4 Å². The second-order valence-electron chi connectivity index (χ2n) is 2.68. The third-order valence-corrected chi connectivity index (χ3v) is 3.16. The summed E-state index contributed by atoms with van der Waals surface area (Å²) >= 11 is 0. The Bertz CT molecular complexity index is 483. The first kappa shape index (κ1) is 9.91. The molecule has 1 N–H and O–H groups in total. The molecule has 1 aromatic heterocycles. The lowest BCUT2D eigenvalue weighted by molar-refractivity contribution is 0.670. The molecule has 1 rings (SSSR count). The van der Waals surface area contributed by atoms with E-state index in [9.17, 15) is 9.00 Å². The van der Waals surface area contributed by atoms with Gasteiger partial charge < -0.3 is 0 Å². The molecule has 6 heteroatoms. The number of aromatic amines is 1. The Kier molecular flexibility index (Phi) is 2.51. The van der Waals surface area contributed by atoms with Crippen molar-refractivity contribution in [3.8, 4) is 0 Å². The minimum atomic E-state index is -2.53. The molecule has 0 spiro atoms. The smallest absolute Gasteiger partial charge is 0.251 e. The topological polar surface area (TPSA) is 75.2 Å². The summed E-state index contributed by atoms with van der Waals surface area (Å²) in [5, 5.41) is 0.139. The van der Waals surface area contributed by atoms with Crippen molar-refractivity contribution in [2.45, 2.75) is 12.1 Å². The van der Waals surface area contributed by atoms with E-state index in [1.165, 1.54) is 19.4 Å². The molecule has 0 saturated carbocycles. The average Bonchev–Trinajstić information content (AvgIpc) is 2.02. The third kappa shape index (κ3) is 2.15. The van der Waals surface area contributed by atoms with E-state index >= 15 is 0 Å². The Morgan fingerprint density at radius 2 is 2.23 bits per heavy atom. The van der Waals surface area contributed by atoms with Gasteiger partial charge in [-0.25, -0.2) is 13.6 Å². The van der Waals surface area contributed by atoms with Crippen molar-refractivity contribution in [3.05, 3.63) is 22.1 Å². The van der Waals surface area contributed by atoms with Crippen molar-refractivity contribution >= 4 is 9.73 Å². The second kappa shape index (κ2) is 3.29. The Morgan fingerprint density at radius 3 is 2.69 bits per heavy atom. The van der Waals surface area contributed by atoms with Crippen LogP contribution in [-0.4, -0.2) is 27.5 Å². The van der Waals surface area contributed by atoms with Gasteiger partial charge in [0.2, 0.25) is 5.16 Å². The van der Waals surface area contributed by atoms with Gasteiger partial charge in [-0.2, -0.15) is 0 Å². The van der Waals surface area contributed by atoms with Gasteiger partial charge >= 0.3 is 0 Å². The monoisotopic (exact) mass is 201 g/mol. The number of aryl methyl sites for hydroxylation is 1. The molecule has 72 valence electrons. The number of hydrogen-bond acceptors (Lipinski definition) is 4. The fourth-order valence-corrected chi connectivity index (χ4v) is 1.59. The predicted molar refractivity (Wildman–Crippen MR) is 50.3 cm³/mol. The molecule has 0 fully saturated rings. The summed E-state index contributed by atoms with van der Waals surface area (Å²) in [7, 11) is -1.10. The number of nitrogens with one attached hydrogen (secondary N) is 1. The first-order chi connectivity index (χ1) is 5.95. The first-order valence-electron chi connectivity index (χ1n) is 3.64. The van der Waals surface area contributed by atoms with Crippen molar-refractivity contribution in [1.29, 1.82) is 0 Å². The Morgan fingerprint density at radius 1 is 1.62 bits per heavy atom. The number of nitrogens with zero attached hydrogens (tertiary/aromatic N) is 2. The van der Waals surface area contributed by atoms with E-state index < -0.39 is 9.73 Å². The molecule has 0 aliphatic carbocycles. The summed E-state index contributed by atoms with van der Waals surface area (Å²) in [6, 6.07) is 1.34. The number of aromatic nitrogens is 2. The molecule has 0 aliphatic rings. The van der Waals surface area contributed by atoms with E-state index in [1.54, 1.807) is 6.92 Å². The van der Waals surface area contributed by atoms with Gasteiger partial charge in [0.15, 0.2) is 0 Å². The highest BCUT2D eigenvalue weighted by Crippen LogP contribution is 2.01. The van der Waals surface area contributed by atoms with Crippen molar-refractivity contribution < 1.29 is 4.21 Å². The van der Waals surface area contributed by atoms with Crippen molar-refractivity contribution in [1.82, 2.24) is 9.97 Å². The van der Waals surface area contributed by atoms with Crippen LogP contribution in [0, 0.1) is 6.92 Å². The van der Waals surface area contributed by atoms with E-state index in [1.807, 2.05) is 0 Å². The molecule has 13 heavy (non-hydrogen) atoms. The van der Waals surface area contributed by atoms with Crippen molar-refractivity contribution in [2.24, 2.45) is 4.36 Å². The Labute approximate surface area is 76.4 Å². The maximum absolute atomic E-state index is 11.7. The number of hydrogen-bond donors (Lipinski definition) is 1. The Balaban J connectivity index is 3.50. The summed E-state index contributed by atoms with van der Waals surface area (Å²) < 4.78 is 15.3. The van der Waals surface area contributed by atoms with E-state index in [0.29, 0.717) is 5.69 Å². The molecular weight excluding hydrogens is 190 g/mol. The second-order valence-corrected chi connectivity index (χ2v) is 5.03. The molecule has 0 aliphatic heterocycles. The SMILES string of the molecule is CN=S(C)(=O)c1nc(C)cc(=O)[nH]1. The maximum Gasteiger partial charge on any atom is 0.251 e. The van der Waals surface area contributed by atoms with Crippen LogP contribution < -0.4 is 5.56 Å². The van der Waals surface area contributed by atoms with Gasteiger partial charge in [-0.05, 0) is 6.92 Å². The summed E-state index contributed by atoms with van der Waals surface area (Å²) in [5.74, 6) is 0. The van der Waals surface area contributed by atoms with Crippen LogP contribution in [0.5, 0.6) is 0 Å². The summed E-state index contributed by atoms with van der Waals surface area (Å²) in [6.07, 6.45) is 1.44. The van der Waals surface area contributed by atoms with Crippen LogP contribution in [0.2, 0.25) is 0 Å². The quantitative estimate of drug-likeness (QED) is 0.658. The van der Waals surface area contributed by atoms with Crippen molar-refractivity contribution in [2.75, 3.05) is 13.3 Å². The van der Waals surface area contributed by atoms with Gasteiger partial charge in [-0.1, -0.05) is 0 Å². The highest BCUT2D eigenvalue weighted by Gasteiger charge is 2.07. The van der Waals surface area contributed by atoms with Crippen LogP contribution in [0.4, 0.5) is 0 Å². The molecule has 0 radical (unpaired) electrons. The molecule has 1 heterocycles. The molecule has 1 unspecified atom stereocenters. The average molecular weight is 201 g/mol. The van der Waals surface area contributed by atoms with Gasteiger partial charge in [-0.15, -0.1) is 0 Å². The minimum Gasteiger partial charge on any atom is -0.299 e. The highest BCUT2D eigenvalue weighted by atomic mass is 32.2. The van der Waals surface area contributed by atoms with E-state index in [-0.39, 0.29) is 10.7 Å². The van der Waals surface area contributed by atoms with Crippen LogP contribution in [0.1, 0.15) is 5.69 Å². The zero-order chi connectivity index (χ0) is 10.1. The van der Waals surface area contributed by atoms with Gasteiger partial charge in [0.1, 0.15) is 9.73 Å². The summed E-state index contributed by atoms with van der Waals surface area (Å²) in [6.45, 7) is 1.67. The minimum absolute atomic E-state index is 0.139. The molecule has 5 nitrogen and oxygen atoms in total. The lowest BCUT2D eigenvalue weighted by atomic mass is 10.5. The largest absolute Gasteiger partial charge is 0.299 e. The zero-order valence-corrected chi connectivity index (χ0v) is 8.51. The highest BCUT2D eigenvalue weighted by molar-refractivity contribution is 7.92. The van der Waals surface area contributed by atoms with E-state index in [4.69, 9.17) is 0 Å². The van der Waals surface area contributed by atoms with Gasteiger partial charge in [0, 0.05) is 25.1 Å². The van der Waals surface area contributed by atoms with E-state index in [2.05, 4.69) is 14.3 Å². The van der Waals surface area contributed by atoms with Crippen molar-refractivity contribution in [3.63, 3.8) is 0 Å². The van der Waals surface area contributed by atoms with Crippen LogP contribution in [0.3, 0.4) is 0 Å². The zero-order valence-electron chi connectivity index (χ0n) is 7.70. The normalized spacial score (nSPS) is 15.0. The summed E-state index contributed by atoms with van der Waals surface area (Å²) in [4.78, 5) is 17.4. The maximum atomic E-state index is 11.7. The van der Waals surface area contributed by atoms with Gasteiger partial charge in [0.05, 0.1) is 0 Å². The van der Waals surface area contributed by atoms with Gasteiger partial charge in [0.25, 0.3) is 5.56 Å². The third-order valence-electron chi connectivity index (χ3n) is 1.56. The lowest BCUT2D eigenvalue weighted by Crippen LogP contribution is -2.14.